The van der Waals surface area contributed by atoms with Gasteiger partial charge in [-0.05, 0) is 45.1 Å². The summed E-state index contributed by atoms with van der Waals surface area (Å²) in [6, 6.07) is -1.21. The second-order valence-corrected chi connectivity index (χ2v) is 10.6. The zero-order valence-corrected chi connectivity index (χ0v) is 18.6. The Kier molecular flexibility index (Phi) is 5.30. The number of aliphatic hydroxyl groups is 1. The summed E-state index contributed by atoms with van der Waals surface area (Å²) in [5.74, 6) is -0.0218. The highest BCUT2D eigenvalue weighted by atomic mass is 32.2. The van der Waals surface area contributed by atoms with E-state index in [2.05, 4.69) is 15.3 Å². The molecule has 9 nitrogen and oxygen atoms in total. The SMILES string of the molecule is [2H]C1(Nc2ncc3cc(C([2H])(F)F)c(=O)n(C4CCCC4(C)O)c3n2)CCN(S(C)(=O)=O)CC1. The normalized spacial score (nSPS) is 27.8. The Balaban J connectivity index is 1.76. The van der Waals surface area contributed by atoms with E-state index in [-0.39, 0.29) is 42.9 Å². The van der Waals surface area contributed by atoms with Crippen LogP contribution in [0.25, 0.3) is 11.0 Å². The van der Waals surface area contributed by atoms with Crippen LogP contribution in [0.15, 0.2) is 17.1 Å². The van der Waals surface area contributed by atoms with Crippen molar-refractivity contribution >= 4 is 27.0 Å². The summed E-state index contributed by atoms with van der Waals surface area (Å²) >= 11 is 0. The van der Waals surface area contributed by atoms with Crippen LogP contribution >= 0.6 is 0 Å². The first-order chi connectivity index (χ1) is 15.6. The molecule has 2 fully saturated rings. The minimum Gasteiger partial charge on any atom is -0.388 e. The van der Waals surface area contributed by atoms with Gasteiger partial charge in [-0.2, -0.15) is 4.98 Å². The highest BCUT2D eigenvalue weighted by Crippen LogP contribution is 2.39. The molecular formula is C20H27F2N5O4S. The molecule has 2 unspecified atom stereocenters. The number of nitrogens with one attached hydrogen (secondary N) is 1. The molecule has 12 heteroatoms. The number of alkyl halides is 2. The van der Waals surface area contributed by atoms with Gasteiger partial charge in [0.05, 0.1) is 24.8 Å². The Morgan fingerprint density at radius 2 is 2.06 bits per heavy atom. The van der Waals surface area contributed by atoms with Gasteiger partial charge < -0.3 is 10.4 Å². The third-order valence-corrected chi connectivity index (χ3v) is 7.55. The maximum atomic E-state index is 13.9. The first-order valence-corrected chi connectivity index (χ1v) is 12.2. The summed E-state index contributed by atoms with van der Waals surface area (Å²) in [5.41, 5.74) is -3.45. The molecule has 4 rings (SSSR count). The lowest BCUT2D eigenvalue weighted by Crippen LogP contribution is -2.42. The van der Waals surface area contributed by atoms with Crippen LogP contribution in [-0.2, 0) is 10.0 Å². The third-order valence-electron chi connectivity index (χ3n) is 6.25. The van der Waals surface area contributed by atoms with Gasteiger partial charge in [0.1, 0.15) is 7.02 Å². The Morgan fingerprint density at radius 3 is 2.62 bits per heavy atom. The molecule has 3 heterocycles. The van der Waals surface area contributed by atoms with Gasteiger partial charge in [0.25, 0.3) is 12.0 Å². The average Bonchev–Trinajstić information content (AvgIpc) is 3.04. The first-order valence-electron chi connectivity index (χ1n) is 11.4. The number of sulfonamides is 1. The fraction of sp³-hybridized carbons (Fsp3) is 0.650. The van der Waals surface area contributed by atoms with Gasteiger partial charge in [0, 0.05) is 30.7 Å². The van der Waals surface area contributed by atoms with Crippen molar-refractivity contribution in [2.45, 2.75) is 63.1 Å². The summed E-state index contributed by atoms with van der Waals surface area (Å²) in [4.78, 5) is 21.5. The summed E-state index contributed by atoms with van der Waals surface area (Å²) in [5, 5.41) is 13.8. The van der Waals surface area contributed by atoms with Gasteiger partial charge in [-0.15, -0.1) is 0 Å². The van der Waals surface area contributed by atoms with E-state index in [4.69, 9.17) is 2.74 Å². The fourth-order valence-electron chi connectivity index (χ4n) is 4.51. The van der Waals surface area contributed by atoms with Crippen molar-refractivity contribution in [1.29, 1.82) is 0 Å². The number of pyridine rings is 1. The van der Waals surface area contributed by atoms with Crippen molar-refractivity contribution in [3.63, 3.8) is 0 Å². The quantitative estimate of drug-likeness (QED) is 0.682. The van der Waals surface area contributed by atoms with E-state index in [1.54, 1.807) is 0 Å². The van der Waals surface area contributed by atoms with Crippen molar-refractivity contribution in [1.82, 2.24) is 18.8 Å². The van der Waals surface area contributed by atoms with Crippen LogP contribution in [0.1, 0.15) is 59.8 Å². The van der Waals surface area contributed by atoms with Crippen LogP contribution in [0.4, 0.5) is 14.7 Å². The maximum absolute atomic E-state index is 13.9. The Morgan fingerprint density at radius 1 is 1.38 bits per heavy atom. The van der Waals surface area contributed by atoms with Crippen molar-refractivity contribution in [2.75, 3.05) is 24.7 Å². The number of hydrogen-bond donors (Lipinski definition) is 2. The molecule has 0 bridgehead atoms. The molecule has 0 amide bonds. The molecule has 0 radical (unpaired) electrons. The molecule has 32 heavy (non-hydrogen) atoms. The monoisotopic (exact) mass is 473 g/mol. The second kappa shape index (κ2) is 8.31. The number of fused-ring (bicyclic) bond motifs is 1. The van der Waals surface area contributed by atoms with Gasteiger partial charge in [0.15, 0.2) is 0 Å². The average molecular weight is 474 g/mol. The lowest BCUT2D eigenvalue weighted by atomic mass is 9.99. The molecule has 1 aliphatic heterocycles. The predicted octanol–water partition coefficient (Wildman–Crippen LogP) is 2.04. The Bertz CT molecular complexity index is 1270. The number of anilines is 1. The summed E-state index contributed by atoms with van der Waals surface area (Å²) < 4.78 is 69.4. The highest BCUT2D eigenvalue weighted by molar-refractivity contribution is 7.88. The van der Waals surface area contributed by atoms with E-state index in [1.165, 1.54) is 17.4 Å². The molecular weight excluding hydrogens is 444 g/mol. The summed E-state index contributed by atoms with van der Waals surface area (Å²) in [6.45, 7) is 1.81. The minimum absolute atomic E-state index is 0.0137. The topological polar surface area (TPSA) is 117 Å². The lowest BCUT2D eigenvalue weighted by molar-refractivity contribution is 0.0261. The van der Waals surface area contributed by atoms with Crippen molar-refractivity contribution < 1.29 is 25.0 Å². The number of halogens is 2. The van der Waals surface area contributed by atoms with Crippen molar-refractivity contribution in [2.24, 2.45) is 0 Å². The second-order valence-electron chi connectivity index (χ2n) is 8.62. The van der Waals surface area contributed by atoms with Gasteiger partial charge >= 0.3 is 0 Å². The zero-order valence-electron chi connectivity index (χ0n) is 19.8. The van der Waals surface area contributed by atoms with E-state index in [0.29, 0.717) is 19.3 Å². The number of nitrogens with zero attached hydrogens (tertiary/aromatic N) is 4. The molecule has 1 saturated heterocycles. The smallest absolute Gasteiger partial charge is 0.269 e. The van der Waals surface area contributed by atoms with E-state index in [1.807, 2.05) is 0 Å². The van der Waals surface area contributed by atoms with E-state index in [0.717, 1.165) is 16.9 Å². The molecule has 0 aromatic carbocycles. The Labute approximate surface area is 187 Å². The number of rotatable bonds is 5. The van der Waals surface area contributed by atoms with Crippen LogP contribution in [0.2, 0.25) is 0 Å². The van der Waals surface area contributed by atoms with Gasteiger partial charge in [-0.25, -0.2) is 26.5 Å². The number of piperidine rings is 1. The predicted molar refractivity (Wildman–Crippen MR) is 115 cm³/mol. The van der Waals surface area contributed by atoms with E-state index in [9.17, 15) is 27.1 Å². The first kappa shape index (κ1) is 20.4. The maximum Gasteiger partial charge on any atom is 0.269 e. The van der Waals surface area contributed by atoms with Gasteiger partial charge in [-0.1, -0.05) is 0 Å². The molecule has 0 spiro atoms. The molecule has 2 aromatic rings. The zero-order chi connectivity index (χ0) is 25.1. The molecule has 2 atom stereocenters. The number of hydrogen-bond acceptors (Lipinski definition) is 7. The minimum atomic E-state index is -4.15. The van der Waals surface area contributed by atoms with Crippen molar-refractivity contribution in [3.05, 3.63) is 28.2 Å². The van der Waals surface area contributed by atoms with Gasteiger partial charge in [0.2, 0.25) is 16.0 Å². The third kappa shape index (κ3) is 4.35. The summed E-state index contributed by atoms with van der Waals surface area (Å²) in [7, 11) is -3.37. The van der Waals surface area contributed by atoms with Crippen LogP contribution in [-0.4, -0.2) is 63.3 Å². The van der Waals surface area contributed by atoms with Crippen LogP contribution in [0.5, 0.6) is 0 Å². The fourth-order valence-corrected chi connectivity index (χ4v) is 5.36. The van der Waals surface area contributed by atoms with E-state index < -0.39 is 45.2 Å². The summed E-state index contributed by atoms with van der Waals surface area (Å²) in [6.07, 6.45) is -0.167. The van der Waals surface area contributed by atoms with E-state index >= 15 is 0 Å². The highest BCUT2D eigenvalue weighted by Gasteiger charge is 2.40. The van der Waals surface area contributed by atoms with Crippen LogP contribution in [0.3, 0.4) is 0 Å². The van der Waals surface area contributed by atoms with Crippen LogP contribution in [0, 0.1) is 0 Å². The number of aromatic nitrogens is 3. The lowest BCUT2D eigenvalue weighted by Gasteiger charge is -2.31. The van der Waals surface area contributed by atoms with Gasteiger partial charge in [-0.3, -0.25) is 9.36 Å². The molecule has 1 saturated carbocycles. The molecule has 2 aliphatic rings. The molecule has 176 valence electrons. The van der Waals surface area contributed by atoms with Crippen molar-refractivity contribution in [3.8, 4) is 0 Å². The molecule has 1 aliphatic carbocycles. The van der Waals surface area contributed by atoms with Crippen LogP contribution < -0.4 is 10.9 Å². The standard InChI is InChI=1S/C20H27F2N5O4S/c1-20(29)7-3-4-15(20)27-17-12(10-14(16(21)22)18(27)28)11-23-19(25-17)24-13-5-8-26(9-6-13)32(2,30)31/h10-11,13,15-16,29H,3-9H2,1-2H3,(H,23,24,25)/i13D,16D. The Hall–Kier alpha value is -2.18. The molecule has 2 N–H and O–H groups in total. The molecule has 2 aromatic heterocycles. The largest absolute Gasteiger partial charge is 0.388 e.